The standard InChI is InChI=1S/C13H14FN3O3S2/c1-22(19,20)17-13-16-10(8-21-13)6-12(18)15-7-9-4-2-3-5-11(9)14/h2-5,8H,6-7H2,1H3,(H,15,18)(H,16,17). The van der Waals surface area contributed by atoms with E-state index in [1.165, 1.54) is 6.07 Å². The number of aromatic nitrogens is 1. The fourth-order valence-electron chi connectivity index (χ4n) is 1.66. The van der Waals surface area contributed by atoms with E-state index in [9.17, 15) is 17.6 Å². The number of benzene rings is 1. The van der Waals surface area contributed by atoms with Gasteiger partial charge in [-0.25, -0.2) is 17.8 Å². The summed E-state index contributed by atoms with van der Waals surface area (Å²) in [5.74, 6) is -0.699. The number of rotatable bonds is 6. The van der Waals surface area contributed by atoms with Crippen LogP contribution in [0, 0.1) is 5.82 Å². The van der Waals surface area contributed by atoms with Gasteiger partial charge in [0.25, 0.3) is 0 Å². The molecule has 1 aromatic heterocycles. The molecule has 2 N–H and O–H groups in total. The molecule has 0 fully saturated rings. The first-order valence-electron chi connectivity index (χ1n) is 6.26. The summed E-state index contributed by atoms with van der Waals surface area (Å²) in [6.07, 6.45) is 1.02. The van der Waals surface area contributed by atoms with Crippen LogP contribution in [0.2, 0.25) is 0 Å². The quantitative estimate of drug-likeness (QED) is 0.832. The number of hydrogen-bond acceptors (Lipinski definition) is 5. The summed E-state index contributed by atoms with van der Waals surface area (Å²) in [5.41, 5.74) is 0.843. The second kappa shape index (κ2) is 6.84. The van der Waals surface area contributed by atoms with Gasteiger partial charge in [0.1, 0.15) is 5.82 Å². The van der Waals surface area contributed by atoms with Crippen molar-refractivity contribution in [3.63, 3.8) is 0 Å². The van der Waals surface area contributed by atoms with E-state index in [0.29, 0.717) is 11.3 Å². The van der Waals surface area contributed by atoms with E-state index in [1.54, 1.807) is 23.6 Å². The number of thiazole rings is 1. The molecule has 2 rings (SSSR count). The van der Waals surface area contributed by atoms with Crippen molar-refractivity contribution in [2.75, 3.05) is 11.0 Å². The van der Waals surface area contributed by atoms with Gasteiger partial charge in [0.2, 0.25) is 15.9 Å². The molecule has 0 aliphatic carbocycles. The molecule has 0 unspecified atom stereocenters. The van der Waals surface area contributed by atoms with Crippen LogP contribution in [0.4, 0.5) is 9.52 Å². The smallest absolute Gasteiger partial charge is 0.231 e. The van der Waals surface area contributed by atoms with Crippen LogP contribution in [0.3, 0.4) is 0 Å². The molecule has 0 aliphatic heterocycles. The van der Waals surface area contributed by atoms with Gasteiger partial charge in [-0.3, -0.25) is 9.52 Å². The molecule has 118 valence electrons. The number of carbonyl (C=O) groups excluding carboxylic acids is 1. The maximum Gasteiger partial charge on any atom is 0.231 e. The molecule has 0 radical (unpaired) electrons. The Balaban J connectivity index is 1.89. The third kappa shape index (κ3) is 5.08. The summed E-state index contributed by atoms with van der Waals surface area (Å²) in [6, 6.07) is 6.18. The maximum atomic E-state index is 13.4. The number of nitrogens with one attached hydrogen (secondary N) is 2. The molecule has 1 heterocycles. The van der Waals surface area contributed by atoms with E-state index in [0.717, 1.165) is 17.6 Å². The number of amides is 1. The Morgan fingerprint density at radius 1 is 1.36 bits per heavy atom. The van der Waals surface area contributed by atoms with Crippen LogP contribution < -0.4 is 10.0 Å². The van der Waals surface area contributed by atoms with Gasteiger partial charge in [0.05, 0.1) is 18.4 Å². The highest BCUT2D eigenvalue weighted by molar-refractivity contribution is 7.92. The van der Waals surface area contributed by atoms with Crippen molar-refractivity contribution in [1.29, 1.82) is 0 Å². The van der Waals surface area contributed by atoms with Gasteiger partial charge in [0.15, 0.2) is 5.13 Å². The predicted octanol–water partition coefficient (Wildman–Crippen LogP) is 1.51. The average Bonchev–Trinajstić information content (AvgIpc) is 2.82. The van der Waals surface area contributed by atoms with Crippen molar-refractivity contribution >= 4 is 32.4 Å². The number of anilines is 1. The Bertz CT molecular complexity index is 774. The van der Waals surface area contributed by atoms with Crippen molar-refractivity contribution < 1.29 is 17.6 Å². The summed E-state index contributed by atoms with van der Waals surface area (Å²) in [7, 11) is -3.39. The summed E-state index contributed by atoms with van der Waals surface area (Å²) in [4.78, 5) is 15.8. The lowest BCUT2D eigenvalue weighted by atomic mass is 10.2. The van der Waals surface area contributed by atoms with Gasteiger partial charge in [-0.05, 0) is 6.07 Å². The molecule has 0 atom stereocenters. The molecule has 1 amide bonds. The van der Waals surface area contributed by atoms with Gasteiger partial charge in [0, 0.05) is 17.5 Å². The molecule has 0 saturated heterocycles. The van der Waals surface area contributed by atoms with E-state index in [2.05, 4.69) is 15.0 Å². The summed E-state index contributed by atoms with van der Waals surface area (Å²) < 4.78 is 37.8. The topological polar surface area (TPSA) is 88.2 Å². The lowest BCUT2D eigenvalue weighted by Gasteiger charge is -2.05. The third-order valence-corrected chi connectivity index (χ3v) is 4.10. The van der Waals surface area contributed by atoms with Gasteiger partial charge in [-0.2, -0.15) is 0 Å². The molecule has 0 bridgehead atoms. The Hall–Kier alpha value is -2.00. The lowest BCUT2D eigenvalue weighted by Crippen LogP contribution is -2.25. The van der Waals surface area contributed by atoms with Crippen molar-refractivity contribution in [1.82, 2.24) is 10.3 Å². The molecule has 2 aromatic rings. The number of carbonyl (C=O) groups is 1. The molecule has 9 heteroatoms. The van der Waals surface area contributed by atoms with Crippen LogP contribution in [-0.4, -0.2) is 25.6 Å². The zero-order valence-electron chi connectivity index (χ0n) is 11.7. The van der Waals surface area contributed by atoms with E-state index in [-0.39, 0.29) is 29.8 Å². The SMILES string of the molecule is CS(=O)(=O)Nc1nc(CC(=O)NCc2ccccc2F)cs1. The minimum atomic E-state index is -3.39. The fourth-order valence-corrected chi connectivity index (χ4v) is 3.22. The molecule has 0 spiro atoms. The van der Waals surface area contributed by atoms with Crippen molar-refractivity contribution in [2.45, 2.75) is 13.0 Å². The summed E-state index contributed by atoms with van der Waals surface area (Å²) in [6.45, 7) is 0.0874. The minimum Gasteiger partial charge on any atom is -0.352 e. The second-order valence-corrected chi connectivity index (χ2v) is 7.17. The van der Waals surface area contributed by atoms with E-state index >= 15 is 0 Å². The van der Waals surface area contributed by atoms with Crippen LogP contribution in [0.5, 0.6) is 0 Å². The van der Waals surface area contributed by atoms with Crippen LogP contribution in [0.1, 0.15) is 11.3 Å². The molecule has 22 heavy (non-hydrogen) atoms. The van der Waals surface area contributed by atoms with Crippen LogP contribution in [0.25, 0.3) is 0 Å². The maximum absolute atomic E-state index is 13.4. The minimum absolute atomic E-state index is 0.00358. The number of nitrogens with zero attached hydrogens (tertiary/aromatic N) is 1. The van der Waals surface area contributed by atoms with Gasteiger partial charge < -0.3 is 5.32 Å². The Labute approximate surface area is 131 Å². The van der Waals surface area contributed by atoms with E-state index < -0.39 is 10.0 Å². The van der Waals surface area contributed by atoms with Gasteiger partial charge >= 0.3 is 0 Å². The highest BCUT2D eigenvalue weighted by Gasteiger charge is 2.10. The Kier molecular flexibility index (Phi) is 5.09. The van der Waals surface area contributed by atoms with Gasteiger partial charge in [-0.1, -0.05) is 18.2 Å². The first-order valence-corrected chi connectivity index (χ1v) is 9.03. The van der Waals surface area contributed by atoms with E-state index in [1.807, 2.05) is 0 Å². The monoisotopic (exact) mass is 343 g/mol. The van der Waals surface area contributed by atoms with Crippen LogP contribution in [-0.2, 0) is 27.8 Å². The highest BCUT2D eigenvalue weighted by atomic mass is 32.2. The first kappa shape index (κ1) is 16.4. The summed E-state index contributed by atoms with van der Waals surface area (Å²) >= 11 is 1.09. The molecule has 1 aromatic carbocycles. The largest absolute Gasteiger partial charge is 0.352 e. The van der Waals surface area contributed by atoms with Crippen molar-refractivity contribution in [2.24, 2.45) is 0 Å². The zero-order valence-corrected chi connectivity index (χ0v) is 13.3. The molecular formula is C13H14FN3O3S2. The normalized spacial score (nSPS) is 11.2. The van der Waals surface area contributed by atoms with Crippen LogP contribution in [0.15, 0.2) is 29.6 Å². The second-order valence-electron chi connectivity index (χ2n) is 4.56. The predicted molar refractivity (Wildman–Crippen MR) is 82.5 cm³/mol. The lowest BCUT2D eigenvalue weighted by molar-refractivity contribution is -0.120. The van der Waals surface area contributed by atoms with E-state index in [4.69, 9.17) is 0 Å². The molecule has 0 aliphatic rings. The Morgan fingerprint density at radius 3 is 2.77 bits per heavy atom. The zero-order chi connectivity index (χ0) is 16.2. The number of halogens is 1. The Morgan fingerprint density at radius 2 is 2.09 bits per heavy atom. The molecule has 0 saturated carbocycles. The fraction of sp³-hybridized carbons (Fsp3) is 0.231. The molecular weight excluding hydrogens is 329 g/mol. The van der Waals surface area contributed by atoms with Crippen LogP contribution >= 0.6 is 11.3 Å². The molecule has 6 nitrogen and oxygen atoms in total. The van der Waals surface area contributed by atoms with Crippen molar-refractivity contribution in [3.8, 4) is 0 Å². The van der Waals surface area contributed by atoms with Crippen molar-refractivity contribution in [3.05, 3.63) is 46.7 Å². The van der Waals surface area contributed by atoms with Gasteiger partial charge in [-0.15, -0.1) is 11.3 Å². The third-order valence-electron chi connectivity index (χ3n) is 2.60. The average molecular weight is 343 g/mol. The highest BCUT2D eigenvalue weighted by Crippen LogP contribution is 2.16. The first-order chi connectivity index (χ1) is 10.3. The summed E-state index contributed by atoms with van der Waals surface area (Å²) in [5, 5.41) is 4.39. The number of hydrogen-bond donors (Lipinski definition) is 2. The number of sulfonamides is 1.